The Morgan fingerprint density at radius 1 is 1.15 bits per heavy atom. The van der Waals surface area contributed by atoms with Crippen LogP contribution in [0.4, 0.5) is 0 Å². The Morgan fingerprint density at radius 2 is 1.85 bits per heavy atom. The van der Waals surface area contributed by atoms with Gasteiger partial charge in [-0.1, -0.05) is 24.3 Å². The number of rotatable bonds is 5. The topological polar surface area (TPSA) is 77.7 Å². The van der Waals surface area contributed by atoms with E-state index in [9.17, 15) is 13.2 Å². The lowest BCUT2D eigenvalue weighted by Gasteiger charge is -2.05. The molecule has 0 atom stereocenters. The number of fused-ring (bicyclic) bond motifs is 1. The quantitative estimate of drug-likeness (QED) is 0.654. The molecule has 1 amide bonds. The van der Waals surface area contributed by atoms with Gasteiger partial charge in [-0.05, 0) is 43.3 Å². The lowest BCUT2D eigenvalue weighted by molar-refractivity contribution is 0.0998. The second kappa shape index (κ2) is 7.66. The zero-order valence-corrected chi connectivity index (χ0v) is 16.9. The summed E-state index contributed by atoms with van der Waals surface area (Å²) >= 11 is 1.40. The molecule has 6 nitrogen and oxygen atoms in total. The summed E-state index contributed by atoms with van der Waals surface area (Å²) in [6.07, 6.45) is 0. The van der Waals surface area contributed by atoms with E-state index in [2.05, 4.69) is 4.99 Å². The fraction of sp³-hybridized carbons (Fsp3) is 0.263. The Kier molecular flexibility index (Phi) is 5.48. The van der Waals surface area contributed by atoms with Crippen LogP contribution in [0.25, 0.3) is 10.2 Å². The predicted molar refractivity (Wildman–Crippen MR) is 106 cm³/mol. The van der Waals surface area contributed by atoms with Crippen LogP contribution < -0.4 is 9.54 Å². The Bertz CT molecular complexity index is 1160. The molecule has 3 aromatic rings. The van der Waals surface area contributed by atoms with Crippen LogP contribution in [-0.2, 0) is 16.9 Å². The third-order valence-corrected chi connectivity index (χ3v) is 6.97. The minimum atomic E-state index is -3.29. The van der Waals surface area contributed by atoms with Crippen LogP contribution in [0.5, 0.6) is 5.75 Å². The maximum absolute atomic E-state index is 12.5. The Morgan fingerprint density at radius 3 is 2.48 bits per heavy atom. The first kappa shape index (κ1) is 19.3. The first-order valence-electron chi connectivity index (χ1n) is 8.50. The highest BCUT2D eigenvalue weighted by atomic mass is 32.2. The number of nitrogens with zero attached hydrogens (tertiary/aromatic N) is 2. The SMILES string of the molecule is CCOc1cccc2sc(=NC(=O)c3ccc(S(=O)(=O)CC)cc3)n(C)c12. The van der Waals surface area contributed by atoms with Crippen LogP contribution in [0.2, 0.25) is 0 Å². The summed E-state index contributed by atoms with van der Waals surface area (Å²) in [4.78, 5) is 17.5. The van der Waals surface area contributed by atoms with Crippen molar-refractivity contribution in [1.29, 1.82) is 0 Å². The smallest absolute Gasteiger partial charge is 0.279 e. The molecule has 1 aromatic heterocycles. The van der Waals surface area contributed by atoms with Crippen molar-refractivity contribution in [2.24, 2.45) is 12.0 Å². The first-order valence-corrected chi connectivity index (χ1v) is 11.0. The fourth-order valence-electron chi connectivity index (χ4n) is 2.67. The molecule has 0 N–H and O–H groups in total. The summed E-state index contributed by atoms with van der Waals surface area (Å²) in [5.41, 5.74) is 1.23. The average Bonchev–Trinajstić information content (AvgIpc) is 2.98. The van der Waals surface area contributed by atoms with E-state index in [4.69, 9.17) is 4.74 Å². The molecule has 0 spiro atoms. The molecule has 0 aliphatic rings. The maximum atomic E-state index is 12.5. The largest absolute Gasteiger partial charge is 0.492 e. The van der Waals surface area contributed by atoms with Gasteiger partial charge in [-0.25, -0.2) is 8.42 Å². The number of aryl methyl sites for hydroxylation is 1. The Balaban J connectivity index is 2.01. The molecule has 1 heterocycles. The van der Waals surface area contributed by atoms with Crippen molar-refractivity contribution in [3.63, 3.8) is 0 Å². The molecule has 0 aliphatic carbocycles. The third kappa shape index (κ3) is 3.81. The van der Waals surface area contributed by atoms with Crippen molar-refractivity contribution >= 4 is 37.3 Å². The monoisotopic (exact) mass is 404 g/mol. The highest BCUT2D eigenvalue weighted by Crippen LogP contribution is 2.26. The van der Waals surface area contributed by atoms with Crippen LogP contribution >= 0.6 is 11.3 Å². The molecule has 0 saturated heterocycles. The Hall–Kier alpha value is -2.45. The molecule has 0 bridgehead atoms. The summed E-state index contributed by atoms with van der Waals surface area (Å²) in [6.45, 7) is 4.05. The minimum Gasteiger partial charge on any atom is -0.492 e. The molecule has 3 rings (SSSR count). The zero-order valence-electron chi connectivity index (χ0n) is 15.3. The number of hydrogen-bond acceptors (Lipinski definition) is 5. The van der Waals surface area contributed by atoms with Crippen molar-refractivity contribution in [2.75, 3.05) is 12.4 Å². The number of amides is 1. The summed E-state index contributed by atoms with van der Waals surface area (Å²) in [5.74, 6) is 0.345. The van der Waals surface area contributed by atoms with Gasteiger partial charge in [0.05, 0.1) is 22.0 Å². The molecular weight excluding hydrogens is 384 g/mol. The first-order chi connectivity index (χ1) is 12.9. The lowest BCUT2D eigenvalue weighted by atomic mass is 10.2. The Labute approximate surface area is 161 Å². The number of benzene rings is 2. The molecule has 0 unspecified atom stereocenters. The molecule has 2 aromatic carbocycles. The number of thiazole rings is 1. The molecule has 0 saturated carbocycles. The molecular formula is C19H20N2O4S2. The summed E-state index contributed by atoms with van der Waals surface area (Å²) < 4.78 is 32.2. The van der Waals surface area contributed by atoms with Crippen LogP contribution in [-0.4, -0.2) is 31.3 Å². The van der Waals surface area contributed by atoms with Crippen molar-refractivity contribution < 1.29 is 17.9 Å². The van der Waals surface area contributed by atoms with Crippen LogP contribution in [0.1, 0.15) is 24.2 Å². The van der Waals surface area contributed by atoms with Crippen LogP contribution in [0.15, 0.2) is 52.4 Å². The number of sulfone groups is 1. The van der Waals surface area contributed by atoms with Gasteiger partial charge in [0.1, 0.15) is 11.3 Å². The third-order valence-electron chi connectivity index (χ3n) is 4.12. The van der Waals surface area contributed by atoms with Gasteiger partial charge in [0.2, 0.25) is 0 Å². The highest BCUT2D eigenvalue weighted by molar-refractivity contribution is 7.91. The second-order valence-corrected chi connectivity index (χ2v) is 9.11. The number of carbonyl (C=O) groups excluding carboxylic acids is 1. The van der Waals surface area contributed by atoms with Crippen LogP contribution in [0.3, 0.4) is 0 Å². The summed E-state index contributed by atoms with van der Waals surface area (Å²) in [5, 5.41) is 0. The number of carbonyl (C=O) groups is 1. The molecule has 27 heavy (non-hydrogen) atoms. The highest BCUT2D eigenvalue weighted by Gasteiger charge is 2.14. The van der Waals surface area contributed by atoms with E-state index in [1.807, 2.05) is 36.7 Å². The van der Waals surface area contributed by atoms with Crippen molar-refractivity contribution in [1.82, 2.24) is 4.57 Å². The molecule has 0 radical (unpaired) electrons. The van der Waals surface area contributed by atoms with Crippen LogP contribution in [0, 0.1) is 0 Å². The minimum absolute atomic E-state index is 0.0183. The average molecular weight is 405 g/mol. The van der Waals surface area contributed by atoms with E-state index in [1.165, 1.54) is 35.6 Å². The van der Waals surface area contributed by atoms with E-state index in [0.717, 1.165) is 16.0 Å². The molecule has 0 aliphatic heterocycles. The van der Waals surface area contributed by atoms with Gasteiger partial charge in [-0.2, -0.15) is 4.99 Å². The van der Waals surface area contributed by atoms with Gasteiger partial charge in [0, 0.05) is 12.6 Å². The van der Waals surface area contributed by atoms with Gasteiger partial charge in [-0.15, -0.1) is 0 Å². The molecule has 142 valence electrons. The zero-order chi connectivity index (χ0) is 19.6. The van der Waals surface area contributed by atoms with Crippen molar-refractivity contribution in [2.45, 2.75) is 18.7 Å². The van der Waals surface area contributed by atoms with Gasteiger partial charge < -0.3 is 9.30 Å². The molecule has 0 fully saturated rings. The second-order valence-electron chi connectivity index (χ2n) is 5.82. The van der Waals surface area contributed by atoms with Crippen molar-refractivity contribution in [3.8, 4) is 5.75 Å². The standard InChI is InChI=1S/C19H20N2O4S2/c1-4-25-15-7-6-8-16-17(15)21(3)19(26-16)20-18(22)13-9-11-14(12-10-13)27(23,24)5-2/h6-12H,4-5H2,1-3H3. The van der Waals surface area contributed by atoms with E-state index in [0.29, 0.717) is 17.0 Å². The number of para-hydroxylation sites is 1. The predicted octanol–water partition coefficient (Wildman–Crippen LogP) is 3.17. The van der Waals surface area contributed by atoms with E-state index < -0.39 is 15.7 Å². The lowest BCUT2D eigenvalue weighted by Crippen LogP contribution is -2.14. The van der Waals surface area contributed by atoms with E-state index in [-0.39, 0.29) is 10.6 Å². The number of hydrogen-bond donors (Lipinski definition) is 0. The van der Waals surface area contributed by atoms with Gasteiger partial charge in [0.25, 0.3) is 5.91 Å². The van der Waals surface area contributed by atoms with E-state index >= 15 is 0 Å². The normalized spacial score (nSPS) is 12.5. The number of ether oxygens (including phenoxy) is 1. The van der Waals surface area contributed by atoms with Gasteiger partial charge in [0.15, 0.2) is 14.6 Å². The summed E-state index contributed by atoms with van der Waals surface area (Å²) in [6, 6.07) is 11.6. The fourth-order valence-corrected chi connectivity index (χ4v) is 4.59. The molecule has 8 heteroatoms. The van der Waals surface area contributed by atoms with Crippen molar-refractivity contribution in [3.05, 3.63) is 52.8 Å². The summed E-state index contributed by atoms with van der Waals surface area (Å²) in [7, 11) is -1.45. The van der Waals surface area contributed by atoms with Gasteiger partial charge in [-0.3, -0.25) is 4.79 Å². The maximum Gasteiger partial charge on any atom is 0.279 e. The number of aromatic nitrogens is 1. The van der Waals surface area contributed by atoms with Gasteiger partial charge >= 0.3 is 0 Å². The van der Waals surface area contributed by atoms with E-state index in [1.54, 1.807) is 6.92 Å².